The summed E-state index contributed by atoms with van der Waals surface area (Å²) >= 11 is 3.38. The van der Waals surface area contributed by atoms with Gasteiger partial charge in [-0.25, -0.2) is 9.78 Å². The predicted molar refractivity (Wildman–Crippen MR) is 77.7 cm³/mol. The van der Waals surface area contributed by atoms with Gasteiger partial charge in [-0.3, -0.25) is 0 Å². The molecular formula is C14H13BrN2O2. The van der Waals surface area contributed by atoms with Crippen LogP contribution >= 0.6 is 15.9 Å². The Morgan fingerprint density at radius 2 is 2.00 bits per heavy atom. The molecule has 19 heavy (non-hydrogen) atoms. The molecule has 0 unspecified atom stereocenters. The van der Waals surface area contributed by atoms with E-state index in [1.807, 2.05) is 24.3 Å². The molecule has 0 aliphatic rings. The van der Waals surface area contributed by atoms with Crippen LogP contribution in [-0.2, 0) is 4.74 Å². The van der Waals surface area contributed by atoms with Gasteiger partial charge in [0.1, 0.15) is 0 Å². The number of halogens is 1. The van der Waals surface area contributed by atoms with Crippen molar-refractivity contribution in [3.05, 3.63) is 46.7 Å². The second-order valence-corrected chi connectivity index (χ2v) is 4.76. The fourth-order valence-electron chi connectivity index (χ4n) is 1.72. The first-order chi connectivity index (χ1) is 9.13. The van der Waals surface area contributed by atoms with E-state index >= 15 is 0 Å². The van der Waals surface area contributed by atoms with Crippen LogP contribution in [0.1, 0.15) is 17.4 Å². The number of esters is 1. The summed E-state index contributed by atoms with van der Waals surface area (Å²) in [6.07, 6.45) is 1.56. The molecule has 2 rings (SSSR count). The largest absolute Gasteiger partial charge is 0.461 e. The number of benzene rings is 1. The molecule has 0 spiro atoms. The zero-order valence-electron chi connectivity index (χ0n) is 10.4. The third-order valence-electron chi connectivity index (χ3n) is 2.61. The second kappa shape index (κ2) is 5.84. The average Bonchev–Trinajstić information content (AvgIpc) is 2.40. The van der Waals surface area contributed by atoms with Gasteiger partial charge in [0.2, 0.25) is 0 Å². The fourth-order valence-corrected chi connectivity index (χ4v) is 1.98. The van der Waals surface area contributed by atoms with Crippen LogP contribution in [0.4, 0.5) is 5.69 Å². The van der Waals surface area contributed by atoms with Crippen molar-refractivity contribution in [2.75, 3.05) is 12.3 Å². The molecule has 1 aromatic heterocycles. The van der Waals surface area contributed by atoms with Crippen molar-refractivity contribution in [3.8, 4) is 11.1 Å². The Morgan fingerprint density at radius 1 is 1.32 bits per heavy atom. The van der Waals surface area contributed by atoms with Gasteiger partial charge in [-0.05, 0) is 30.7 Å². The van der Waals surface area contributed by atoms with Crippen molar-refractivity contribution < 1.29 is 9.53 Å². The van der Waals surface area contributed by atoms with Gasteiger partial charge in [0.15, 0.2) is 5.69 Å². The van der Waals surface area contributed by atoms with Crippen LogP contribution in [-0.4, -0.2) is 17.6 Å². The van der Waals surface area contributed by atoms with Crippen molar-refractivity contribution in [2.24, 2.45) is 0 Å². The number of anilines is 1. The zero-order valence-corrected chi connectivity index (χ0v) is 12.0. The van der Waals surface area contributed by atoms with E-state index in [0.29, 0.717) is 12.3 Å². The number of carbonyl (C=O) groups is 1. The summed E-state index contributed by atoms with van der Waals surface area (Å²) < 4.78 is 5.91. The predicted octanol–water partition coefficient (Wildman–Crippen LogP) is 3.27. The Kier molecular flexibility index (Phi) is 4.16. The third-order valence-corrected chi connectivity index (χ3v) is 3.14. The van der Waals surface area contributed by atoms with E-state index < -0.39 is 5.97 Å². The van der Waals surface area contributed by atoms with Gasteiger partial charge < -0.3 is 10.5 Å². The van der Waals surface area contributed by atoms with E-state index in [0.717, 1.165) is 15.6 Å². The molecule has 0 fully saturated rings. The number of ether oxygens (including phenoxy) is 1. The molecule has 0 atom stereocenters. The van der Waals surface area contributed by atoms with Gasteiger partial charge >= 0.3 is 5.97 Å². The number of hydrogen-bond donors (Lipinski definition) is 1. The van der Waals surface area contributed by atoms with Gasteiger partial charge in [0.05, 0.1) is 12.3 Å². The van der Waals surface area contributed by atoms with Crippen LogP contribution in [0.15, 0.2) is 41.0 Å². The zero-order chi connectivity index (χ0) is 13.8. The molecule has 0 saturated heterocycles. The average molecular weight is 321 g/mol. The lowest BCUT2D eigenvalue weighted by Gasteiger charge is -2.09. The first-order valence-electron chi connectivity index (χ1n) is 5.81. The molecule has 2 aromatic rings. The summed E-state index contributed by atoms with van der Waals surface area (Å²) in [5.41, 5.74) is 8.19. The highest BCUT2D eigenvalue weighted by atomic mass is 79.9. The number of carbonyl (C=O) groups excluding carboxylic acids is 1. The first-order valence-corrected chi connectivity index (χ1v) is 6.60. The lowest BCUT2D eigenvalue weighted by atomic mass is 10.0. The molecule has 0 amide bonds. The smallest absolute Gasteiger partial charge is 0.359 e. The molecule has 98 valence electrons. The number of nitrogen functional groups attached to an aromatic ring is 1. The van der Waals surface area contributed by atoms with Gasteiger partial charge in [0.25, 0.3) is 0 Å². The van der Waals surface area contributed by atoms with Gasteiger partial charge in [-0.2, -0.15) is 0 Å². The van der Waals surface area contributed by atoms with Crippen LogP contribution in [0.3, 0.4) is 0 Å². The summed E-state index contributed by atoms with van der Waals surface area (Å²) in [5.74, 6) is -0.501. The maximum Gasteiger partial charge on any atom is 0.359 e. The van der Waals surface area contributed by atoms with Crippen LogP contribution in [0.5, 0.6) is 0 Å². The molecule has 1 aromatic carbocycles. The standard InChI is InChI=1S/C14H13BrN2O2/c1-2-19-14(18)13-12(16)11(7-8-17-13)9-3-5-10(15)6-4-9/h3-8H,2,16H2,1H3. The highest BCUT2D eigenvalue weighted by Crippen LogP contribution is 2.28. The topological polar surface area (TPSA) is 65.2 Å². The number of pyridine rings is 1. The van der Waals surface area contributed by atoms with E-state index in [4.69, 9.17) is 10.5 Å². The van der Waals surface area contributed by atoms with E-state index in [1.54, 1.807) is 19.2 Å². The van der Waals surface area contributed by atoms with E-state index in [-0.39, 0.29) is 5.69 Å². The molecule has 4 nitrogen and oxygen atoms in total. The molecule has 0 aliphatic carbocycles. The Hall–Kier alpha value is -1.88. The summed E-state index contributed by atoms with van der Waals surface area (Å²) in [6.45, 7) is 2.04. The van der Waals surface area contributed by atoms with Crippen LogP contribution in [0, 0.1) is 0 Å². The maximum absolute atomic E-state index is 11.7. The minimum atomic E-state index is -0.501. The quantitative estimate of drug-likeness (QED) is 0.881. The minimum Gasteiger partial charge on any atom is -0.461 e. The van der Waals surface area contributed by atoms with Gasteiger partial charge in [0, 0.05) is 16.2 Å². The Labute approximate surface area is 119 Å². The van der Waals surface area contributed by atoms with Crippen molar-refractivity contribution in [2.45, 2.75) is 6.92 Å². The molecule has 1 heterocycles. The molecule has 0 aliphatic heterocycles. The van der Waals surface area contributed by atoms with E-state index in [1.165, 1.54) is 0 Å². The second-order valence-electron chi connectivity index (χ2n) is 3.85. The van der Waals surface area contributed by atoms with Crippen LogP contribution in [0.25, 0.3) is 11.1 Å². The van der Waals surface area contributed by atoms with Gasteiger partial charge in [-0.15, -0.1) is 0 Å². The summed E-state index contributed by atoms with van der Waals surface area (Å²) in [5, 5.41) is 0. The Bertz CT molecular complexity index is 597. The van der Waals surface area contributed by atoms with Crippen molar-refractivity contribution in [3.63, 3.8) is 0 Å². The first kappa shape index (κ1) is 13.5. The molecule has 0 radical (unpaired) electrons. The van der Waals surface area contributed by atoms with E-state index in [2.05, 4.69) is 20.9 Å². The highest BCUT2D eigenvalue weighted by molar-refractivity contribution is 9.10. The molecule has 5 heteroatoms. The van der Waals surface area contributed by atoms with Crippen LogP contribution in [0.2, 0.25) is 0 Å². The Morgan fingerprint density at radius 3 is 2.63 bits per heavy atom. The fraction of sp³-hybridized carbons (Fsp3) is 0.143. The SMILES string of the molecule is CCOC(=O)c1nccc(-c2ccc(Br)cc2)c1N. The summed E-state index contributed by atoms with van der Waals surface area (Å²) in [4.78, 5) is 15.7. The number of nitrogens with two attached hydrogens (primary N) is 1. The lowest BCUT2D eigenvalue weighted by molar-refractivity contribution is 0.0521. The Balaban J connectivity index is 2.45. The van der Waals surface area contributed by atoms with Crippen molar-refractivity contribution >= 4 is 27.6 Å². The molecule has 0 saturated carbocycles. The molecule has 0 bridgehead atoms. The third kappa shape index (κ3) is 2.93. The molecule has 2 N–H and O–H groups in total. The van der Waals surface area contributed by atoms with E-state index in [9.17, 15) is 4.79 Å². The monoisotopic (exact) mass is 320 g/mol. The minimum absolute atomic E-state index is 0.155. The number of hydrogen-bond acceptors (Lipinski definition) is 4. The lowest BCUT2D eigenvalue weighted by Crippen LogP contribution is -2.11. The van der Waals surface area contributed by atoms with Crippen molar-refractivity contribution in [1.82, 2.24) is 4.98 Å². The van der Waals surface area contributed by atoms with Crippen LogP contribution < -0.4 is 5.73 Å². The van der Waals surface area contributed by atoms with Gasteiger partial charge in [-0.1, -0.05) is 28.1 Å². The summed E-state index contributed by atoms with van der Waals surface area (Å²) in [7, 11) is 0. The maximum atomic E-state index is 11.7. The normalized spacial score (nSPS) is 10.2. The molecular weight excluding hydrogens is 308 g/mol. The summed E-state index contributed by atoms with van der Waals surface area (Å²) in [6, 6.07) is 9.45. The number of nitrogens with zero attached hydrogens (tertiary/aromatic N) is 1. The van der Waals surface area contributed by atoms with Crippen molar-refractivity contribution in [1.29, 1.82) is 0 Å². The number of rotatable bonds is 3. The highest BCUT2D eigenvalue weighted by Gasteiger charge is 2.15. The number of aromatic nitrogens is 1.